The van der Waals surface area contributed by atoms with Crippen LogP contribution in [-0.4, -0.2) is 34.2 Å². The molecule has 0 aromatic heterocycles. The van der Waals surface area contributed by atoms with Crippen LogP contribution in [0.25, 0.3) is 6.08 Å². The summed E-state index contributed by atoms with van der Waals surface area (Å²) in [7, 11) is 0. The minimum atomic E-state index is -0.189. The summed E-state index contributed by atoms with van der Waals surface area (Å²) in [6, 6.07) is 3.56. The number of hydrogen-bond donors (Lipinski definition) is 1. The third kappa shape index (κ3) is 3.41. The van der Waals surface area contributed by atoms with E-state index in [4.69, 9.17) is 0 Å². The molecule has 116 valence electrons. The fraction of sp³-hybridized carbons (Fsp3) is 0.333. The number of amidine groups is 1. The Balaban J connectivity index is 1.80. The number of hydrogen-bond acceptors (Lipinski definition) is 4. The highest BCUT2D eigenvalue weighted by Crippen LogP contribution is 2.36. The van der Waals surface area contributed by atoms with Gasteiger partial charge in [-0.15, -0.1) is 0 Å². The van der Waals surface area contributed by atoms with Crippen molar-refractivity contribution in [3.05, 3.63) is 31.5 Å². The first-order chi connectivity index (χ1) is 10.5. The number of piperidine rings is 1. The summed E-state index contributed by atoms with van der Waals surface area (Å²) in [5.74, 6) is -0.0382. The van der Waals surface area contributed by atoms with Gasteiger partial charge in [-0.25, -0.2) is 0 Å². The van der Waals surface area contributed by atoms with Crippen LogP contribution in [0, 0.1) is 0 Å². The first-order valence-electron chi connectivity index (χ1n) is 7.00. The second-order valence-electron chi connectivity index (χ2n) is 5.19. The summed E-state index contributed by atoms with van der Waals surface area (Å²) in [6.45, 7) is 1.95. The average Bonchev–Trinajstić information content (AvgIpc) is 2.87. The standard InChI is InChI=1S/C15H14Br2N2O2S/c16-10-6-9(7-11(17)13(10)20)8-12-14(21)18-15(22-12)19-4-2-1-3-5-19/h6-8,20H,1-5H2/b12-8+. The van der Waals surface area contributed by atoms with Crippen LogP contribution in [0.2, 0.25) is 0 Å². The quantitative estimate of drug-likeness (QED) is 0.652. The van der Waals surface area contributed by atoms with Gasteiger partial charge in [-0.1, -0.05) is 0 Å². The number of aliphatic imine (C=N–C) groups is 1. The molecule has 0 unspecified atom stereocenters. The van der Waals surface area contributed by atoms with E-state index >= 15 is 0 Å². The van der Waals surface area contributed by atoms with Gasteiger partial charge in [-0.2, -0.15) is 4.99 Å². The summed E-state index contributed by atoms with van der Waals surface area (Å²) < 4.78 is 1.17. The molecular formula is C15H14Br2N2O2S. The van der Waals surface area contributed by atoms with E-state index < -0.39 is 0 Å². The van der Waals surface area contributed by atoms with Crippen LogP contribution in [0.15, 0.2) is 31.0 Å². The number of nitrogens with zero attached hydrogens (tertiary/aromatic N) is 2. The topological polar surface area (TPSA) is 52.9 Å². The molecule has 0 spiro atoms. The number of phenols is 1. The average molecular weight is 446 g/mol. The molecule has 22 heavy (non-hydrogen) atoms. The molecular weight excluding hydrogens is 432 g/mol. The largest absolute Gasteiger partial charge is 0.506 e. The molecule has 1 N–H and O–H groups in total. The lowest BCUT2D eigenvalue weighted by Crippen LogP contribution is -2.33. The number of aromatic hydroxyl groups is 1. The van der Waals surface area contributed by atoms with Gasteiger partial charge in [-0.05, 0) is 86.7 Å². The fourth-order valence-corrected chi connectivity index (χ4v) is 4.63. The molecule has 0 saturated carbocycles. The lowest BCUT2D eigenvalue weighted by Gasteiger charge is -2.27. The van der Waals surface area contributed by atoms with Crippen LogP contribution in [0.1, 0.15) is 24.8 Å². The molecule has 7 heteroatoms. The van der Waals surface area contributed by atoms with Crippen LogP contribution in [-0.2, 0) is 4.79 Å². The zero-order valence-corrected chi connectivity index (χ0v) is 15.7. The molecule has 1 aromatic carbocycles. The molecule has 0 radical (unpaired) electrons. The third-order valence-corrected chi connectivity index (χ3v) is 5.83. The Morgan fingerprint density at radius 2 is 1.82 bits per heavy atom. The Labute approximate surface area is 149 Å². The van der Waals surface area contributed by atoms with Crippen molar-refractivity contribution >= 4 is 60.8 Å². The summed E-state index contributed by atoms with van der Waals surface area (Å²) in [4.78, 5) is 19.1. The predicted octanol–water partition coefficient (Wildman–Crippen LogP) is 4.37. The number of rotatable bonds is 1. The summed E-state index contributed by atoms with van der Waals surface area (Å²) in [5.41, 5.74) is 0.836. The molecule has 2 aliphatic heterocycles. The predicted molar refractivity (Wildman–Crippen MR) is 96.9 cm³/mol. The van der Waals surface area contributed by atoms with Gasteiger partial charge in [-0.3, -0.25) is 4.79 Å². The van der Waals surface area contributed by atoms with Crippen LogP contribution >= 0.6 is 43.6 Å². The molecule has 0 bridgehead atoms. The maximum atomic E-state index is 12.1. The molecule has 1 fully saturated rings. The number of phenolic OH excluding ortho intramolecular Hbond substituents is 1. The van der Waals surface area contributed by atoms with E-state index in [0.717, 1.165) is 36.7 Å². The van der Waals surface area contributed by atoms with Crippen molar-refractivity contribution in [1.29, 1.82) is 0 Å². The Morgan fingerprint density at radius 1 is 1.18 bits per heavy atom. The molecule has 0 atom stereocenters. The van der Waals surface area contributed by atoms with Gasteiger partial charge < -0.3 is 10.0 Å². The minimum Gasteiger partial charge on any atom is -0.506 e. The highest BCUT2D eigenvalue weighted by atomic mass is 79.9. The van der Waals surface area contributed by atoms with Crippen molar-refractivity contribution in [3.63, 3.8) is 0 Å². The number of carbonyl (C=O) groups is 1. The number of carbonyl (C=O) groups excluding carboxylic acids is 1. The smallest absolute Gasteiger partial charge is 0.286 e. The molecule has 2 aliphatic rings. The highest BCUT2D eigenvalue weighted by Gasteiger charge is 2.26. The van der Waals surface area contributed by atoms with Crippen molar-refractivity contribution in [2.45, 2.75) is 19.3 Å². The number of amides is 1. The lowest BCUT2D eigenvalue weighted by atomic mass is 10.1. The normalized spacial score (nSPS) is 20.6. The Bertz CT molecular complexity index is 659. The number of halogens is 2. The molecule has 1 amide bonds. The maximum Gasteiger partial charge on any atom is 0.286 e. The zero-order chi connectivity index (χ0) is 15.7. The van der Waals surface area contributed by atoms with Gasteiger partial charge in [0.1, 0.15) is 5.75 Å². The number of benzene rings is 1. The van der Waals surface area contributed by atoms with E-state index in [1.807, 2.05) is 6.08 Å². The van der Waals surface area contributed by atoms with Gasteiger partial charge in [0.2, 0.25) is 0 Å². The molecule has 3 rings (SSSR count). The second kappa shape index (κ2) is 6.76. The van der Waals surface area contributed by atoms with Crippen molar-refractivity contribution in [1.82, 2.24) is 4.90 Å². The molecule has 1 aromatic rings. The van der Waals surface area contributed by atoms with E-state index in [2.05, 4.69) is 41.8 Å². The molecule has 0 aliphatic carbocycles. The Morgan fingerprint density at radius 3 is 2.45 bits per heavy atom. The van der Waals surface area contributed by atoms with Crippen LogP contribution in [0.5, 0.6) is 5.75 Å². The van der Waals surface area contributed by atoms with Gasteiger partial charge in [0.05, 0.1) is 13.9 Å². The van der Waals surface area contributed by atoms with Crippen molar-refractivity contribution in [2.75, 3.05) is 13.1 Å². The first-order valence-corrected chi connectivity index (χ1v) is 9.40. The lowest BCUT2D eigenvalue weighted by molar-refractivity contribution is -0.113. The molecule has 2 heterocycles. The van der Waals surface area contributed by atoms with Gasteiger partial charge in [0.25, 0.3) is 5.91 Å². The summed E-state index contributed by atoms with van der Waals surface area (Å²) in [6.07, 6.45) is 5.37. The van der Waals surface area contributed by atoms with E-state index in [1.165, 1.54) is 18.2 Å². The van der Waals surface area contributed by atoms with E-state index in [-0.39, 0.29) is 11.7 Å². The van der Waals surface area contributed by atoms with Crippen LogP contribution in [0.4, 0.5) is 0 Å². The number of likely N-dealkylation sites (tertiary alicyclic amines) is 1. The van der Waals surface area contributed by atoms with Crippen molar-refractivity contribution in [2.24, 2.45) is 4.99 Å². The highest BCUT2D eigenvalue weighted by molar-refractivity contribution is 9.11. The Hall–Kier alpha value is -0.790. The summed E-state index contributed by atoms with van der Waals surface area (Å²) >= 11 is 8.03. The van der Waals surface area contributed by atoms with Crippen LogP contribution < -0.4 is 0 Å². The van der Waals surface area contributed by atoms with Crippen LogP contribution in [0.3, 0.4) is 0 Å². The maximum absolute atomic E-state index is 12.1. The first kappa shape index (κ1) is 16.1. The molecule has 4 nitrogen and oxygen atoms in total. The summed E-state index contributed by atoms with van der Waals surface area (Å²) in [5, 5.41) is 10.6. The van der Waals surface area contributed by atoms with E-state index in [1.54, 1.807) is 12.1 Å². The fourth-order valence-electron chi connectivity index (χ4n) is 2.44. The van der Waals surface area contributed by atoms with Gasteiger partial charge >= 0.3 is 0 Å². The van der Waals surface area contributed by atoms with E-state index in [0.29, 0.717) is 13.9 Å². The third-order valence-electron chi connectivity index (χ3n) is 3.57. The van der Waals surface area contributed by atoms with Gasteiger partial charge in [0, 0.05) is 13.1 Å². The number of thioether (sulfide) groups is 1. The van der Waals surface area contributed by atoms with E-state index in [9.17, 15) is 9.90 Å². The zero-order valence-electron chi connectivity index (χ0n) is 11.7. The van der Waals surface area contributed by atoms with Crippen molar-refractivity contribution < 1.29 is 9.90 Å². The SMILES string of the molecule is O=C1N=C(N2CCCCC2)S/C1=C/c1cc(Br)c(O)c(Br)c1. The monoisotopic (exact) mass is 444 g/mol. The van der Waals surface area contributed by atoms with Crippen molar-refractivity contribution in [3.8, 4) is 5.75 Å². The molecule has 1 saturated heterocycles. The van der Waals surface area contributed by atoms with Gasteiger partial charge in [0.15, 0.2) is 5.17 Å². The second-order valence-corrected chi connectivity index (χ2v) is 7.91. The minimum absolute atomic E-state index is 0.151. The Kier molecular flexibility index (Phi) is 4.94.